The first-order chi connectivity index (χ1) is 12.3. The van der Waals surface area contributed by atoms with Crippen molar-refractivity contribution in [2.24, 2.45) is 0 Å². The van der Waals surface area contributed by atoms with Crippen LogP contribution in [0, 0.1) is 6.92 Å². The summed E-state index contributed by atoms with van der Waals surface area (Å²) in [5.41, 5.74) is 8.40. The van der Waals surface area contributed by atoms with Crippen LogP contribution < -0.4 is 0 Å². The first kappa shape index (κ1) is 15.3. The van der Waals surface area contributed by atoms with E-state index >= 15 is 0 Å². The van der Waals surface area contributed by atoms with Gasteiger partial charge in [0.15, 0.2) is 0 Å². The lowest BCUT2D eigenvalue weighted by atomic mass is 9.95. The second-order valence-electron chi connectivity index (χ2n) is 6.09. The van der Waals surface area contributed by atoms with E-state index in [0.717, 1.165) is 11.1 Å². The summed E-state index contributed by atoms with van der Waals surface area (Å²) in [5, 5.41) is 0. The summed E-state index contributed by atoms with van der Waals surface area (Å²) in [6.07, 6.45) is 7.39. The van der Waals surface area contributed by atoms with Gasteiger partial charge in [-0.1, -0.05) is 54.6 Å². The summed E-state index contributed by atoms with van der Waals surface area (Å²) in [7, 11) is 0. The SMILES string of the molecule is Cc1cc(-c2cccnc2)ccc1-c1ccc(-c2cccnc2)cc1. The van der Waals surface area contributed by atoms with Crippen molar-refractivity contribution in [3.8, 4) is 33.4 Å². The molecule has 0 N–H and O–H groups in total. The molecule has 0 aliphatic heterocycles. The zero-order valence-electron chi connectivity index (χ0n) is 14.1. The third-order valence-electron chi connectivity index (χ3n) is 4.41. The van der Waals surface area contributed by atoms with Gasteiger partial charge in [-0.15, -0.1) is 0 Å². The molecule has 4 rings (SSSR count). The second kappa shape index (κ2) is 6.70. The van der Waals surface area contributed by atoms with Crippen molar-refractivity contribution in [3.05, 3.63) is 97.1 Å². The average Bonchev–Trinajstić information content (AvgIpc) is 2.69. The lowest BCUT2D eigenvalue weighted by Crippen LogP contribution is -1.87. The van der Waals surface area contributed by atoms with Gasteiger partial charge in [0.1, 0.15) is 0 Å². The van der Waals surface area contributed by atoms with Gasteiger partial charge < -0.3 is 0 Å². The monoisotopic (exact) mass is 322 g/mol. The van der Waals surface area contributed by atoms with Crippen LogP contribution in [0.15, 0.2) is 91.5 Å². The van der Waals surface area contributed by atoms with E-state index in [2.05, 4.69) is 71.5 Å². The Bertz CT molecular complexity index is 975. The van der Waals surface area contributed by atoms with E-state index in [4.69, 9.17) is 0 Å². The maximum atomic E-state index is 4.20. The molecule has 0 amide bonds. The zero-order chi connectivity index (χ0) is 17.1. The van der Waals surface area contributed by atoms with Gasteiger partial charge >= 0.3 is 0 Å². The second-order valence-corrected chi connectivity index (χ2v) is 6.09. The Labute approximate surface area is 147 Å². The van der Waals surface area contributed by atoms with Crippen LogP contribution in [-0.2, 0) is 0 Å². The number of nitrogens with zero attached hydrogens (tertiary/aromatic N) is 2. The molecule has 0 unspecified atom stereocenters. The quantitative estimate of drug-likeness (QED) is 0.477. The normalized spacial score (nSPS) is 10.6. The average molecular weight is 322 g/mol. The highest BCUT2D eigenvalue weighted by atomic mass is 14.6. The van der Waals surface area contributed by atoms with E-state index in [-0.39, 0.29) is 0 Å². The van der Waals surface area contributed by atoms with Crippen molar-refractivity contribution in [1.82, 2.24) is 9.97 Å². The van der Waals surface area contributed by atoms with Crippen molar-refractivity contribution in [1.29, 1.82) is 0 Å². The van der Waals surface area contributed by atoms with Crippen LogP contribution in [0.2, 0.25) is 0 Å². The molecule has 0 saturated carbocycles. The van der Waals surface area contributed by atoms with Gasteiger partial charge in [0.05, 0.1) is 0 Å². The number of hydrogen-bond donors (Lipinski definition) is 0. The minimum atomic E-state index is 1.14. The third kappa shape index (κ3) is 3.20. The highest BCUT2D eigenvalue weighted by Crippen LogP contribution is 2.29. The van der Waals surface area contributed by atoms with Crippen molar-refractivity contribution >= 4 is 0 Å². The fourth-order valence-electron chi connectivity index (χ4n) is 3.08. The molecular formula is C23H18N2. The Morgan fingerprint density at radius 2 is 1.12 bits per heavy atom. The number of benzene rings is 2. The fraction of sp³-hybridized carbons (Fsp3) is 0.0435. The molecule has 2 aromatic heterocycles. The van der Waals surface area contributed by atoms with Crippen molar-refractivity contribution in [2.75, 3.05) is 0 Å². The molecule has 0 fully saturated rings. The maximum Gasteiger partial charge on any atom is 0.0346 e. The van der Waals surface area contributed by atoms with E-state index in [1.807, 2.05) is 24.5 Å². The molecule has 4 aromatic rings. The van der Waals surface area contributed by atoms with Gasteiger partial charge in [-0.05, 0) is 58.0 Å². The smallest absolute Gasteiger partial charge is 0.0346 e. The molecule has 2 heterocycles. The molecule has 0 atom stereocenters. The summed E-state index contributed by atoms with van der Waals surface area (Å²) in [6, 6.07) is 23.3. The summed E-state index contributed by atoms with van der Waals surface area (Å²) in [6.45, 7) is 2.16. The zero-order valence-corrected chi connectivity index (χ0v) is 14.1. The van der Waals surface area contributed by atoms with Crippen molar-refractivity contribution in [2.45, 2.75) is 6.92 Å². The Hall–Kier alpha value is -3.26. The standard InChI is InChI=1S/C23H18N2/c1-17-14-20(22-5-3-13-25-16-22)10-11-23(17)19-8-6-18(7-9-19)21-4-2-12-24-15-21/h2-16H,1H3. The summed E-state index contributed by atoms with van der Waals surface area (Å²) in [4.78, 5) is 8.39. The van der Waals surface area contributed by atoms with E-state index in [1.54, 1.807) is 12.4 Å². The van der Waals surface area contributed by atoms with Crippen LogP contribution in [0.1, 0.15) is 5.56 Å². The molecule has 0 radical (unpaired) electrons. The molecule has 0 bridgehead atoms. The van der Waals surface area contributed by atoms with E-state index < -0.39 is 0 Å². The highest BCUT2D eigenvalue weighted by molar-refractivity contribution is 5.75. The van der Waals surface area contributed by atoms with E-state index in [0.29, 0.717) is 0 Å². The molecule has 2 nitrogen and oxygen atoms in total. The fourth-order valence-corrected chi connectivity index (χ4v) is 3.08. The summed E-state index contributed by atoms with van der Waals surface area (Å²) >= 11 is 0. The molecule has 0 aliphatic rings. The first-order valence-corrected chi connectivity index (χ1v) is 8.33. The van der Waals surface area contributed by atoms with Crippen molar-refractivity contribution < 1.29 is 0 Å². The van der Waals surface area contributed by atoms with Crippen LogP contribution in [0.5, 0.6) is 0 Å². The molecule has 0 spiro atoms. The lowest BCUT2D eigenvalue weighted by molar-refractivity contribution is 1.32. The number of aryl methyl sites for hydroxylation is 1. The van der Waals surface area contributed by atoms with Gasteiger partial charge in [-0.25, -0.2) is 0 Å². The van der Waals surface area contributed by atoms with Gasteiger partial charge in [-0.3, -0.25) is 9.97 Å². The number of pyridine rings is 2. The maximum absolute atomic E-state index is 4.20. The minimum absolute atomic E-state index is 1.14. The molecule has 2 aromatic carbocycles. The van der Waals surface area contributed by atoms with Crippen LogP contribution in [0.25, 0.3) is 33.4 Å². The molecule has 2 heteroatoms. The number of aromatic nitrogens is 2. The summed E-state index contributed by atoms with van der Waals surface area (Å²) in [5.74, 6) is 0. The van der Waals surface area contributed by atoms with Gasteiger partial charge in [-0.2, -0.15) is 0 Å². The molecule has 25 heavy (non-hydrogen) atoms. The number of hydrogen-bond acceptors (Lipinski definition) is 2. The molecular weight excluding hydrogens is 304 g/mol. The van der Waals surface area contributed by atoms with Gasteiger partial charge in [0.2, 0.25) is 0 Å². The predicted molar refractivity (Wildman–Crippen MR) is 103 cm³/mol. The molecule has 120 valence electrons. The Morgan fingerprint density at radius 1 is 0.560 bits per heavy atom. The van der Waals surface area contributed by atoms with Crippen molar-refractivity contribution in [3.63, 3.8) is 0 Å². The Morgan fingerprint density at radius 3 is 1.68 bits per heavy atom. The largest absolute Gasteiger partial charge is 0.264 e. The Balaban J connectivity index is 1.66. The van der Waals surface area contributed by atoms with E-state index in [1.165, 1.54) is 27.8 Å². The molecule has 0 aliphatic carbocycles. The van der Waals surface area contributed by atoms with E-state index in [9.17, 15) is 0 Å². The first-order valence-electron chi connectivity index (χ1n) is 8.33. The van der Waals surface area contributed by atoms with Crippen LogP contribution >= 0.6 is 0 Å². The number of rotatable bonds is 3. The third-order valence-corrected chi connectivity index (χ3v) is 4.41. The predicted octanol–water partition coefficient (Wildman–Crippen LogP) is 5.79. The highest BCUT2D eigenvalue weighted by Gasteiger charge is 2.05. The Kier molecular flexibility index (Phi) is 4.09. The van der Waals surface area contributed by atoms with Crippen LogP contribution in [0.4, 0.5) is 0 Å². The minimum Gasteiger partial charge on any atom is -0.264 e. The lowest BCUT2D eigenvalue weighted by Gasteiger charge is -2.10. The molecule has 0 saturated heterocycles. The van der Waals surface area contributed by atoms with Crippen LogP contribution in [0.3, 0.4) is 0 Å². The van der Waals surface area contributed by atoms with Gasteiger partial charge in [0.25, 0.3) is 0 Å². The van der Waals surface area contributed by atoms with Gasteiger partial charge in [0, 0.05) is 24.8 Å². The van der Waals surface area contributed by atoms with Crippen LogP contribution in [-0.4, -0.2) is 9.97 Å². The topological polar surface area (TPSA) is 25.8 Å². The summed E-state index contributed by atoms with van der Waals surface area (Å²) < 4.78 is 0.